The predicted molar refractivity (Wildman–Crippen MR) is 76.5 cm³/mol. The molecular formula is C15H22OS. The molecule has 0 bridgehead atoms. The zero-order valence-corrected chi connectivity index (χ0v) is 11.3. The Morgan fingerprint density at radius 3 is 2.29 bits per heavy atom. The lowest BCUT2D eigenvalue weighted by molar-refractivity contribution is -0.115. The molecule has 94 valence electrons. The Morgan fingerprint density at radius 1 is 1.06 bits per heavy atom. The van der Waals surface area contributed by atoms with Gasteiger partial charge in [-0.15, -0.1) is 5.73 Å². The van der Waals surface area contributed by atoms with E-state index >= 15 is 0 Å². The van der Waals surface area contributed by atoms with E-state index in [-0.39, 0.29) is 5.78 Å². The third-order valence-corrected chi connectivity index (χ3v) is 3.28. The maximum Gasteiger partial charge on any atom is 0.170 e. The van der Waals surface area contributed by atoms with Gasteiger partial charge in [0.1, 0.15) is 0 Å². The summed E-state index contributed by atoms with van der Waals surface area (Å²) in [5.74, 6) is 1.25. The van der Waals surface area contributed by atoms with Crippen molar-refractivity contribution in [3.8, 4) is 0 Å². The van der Waals surface area contributed by atoms with Crippen LogP contribution in [-0.2, 0) is 4.79 Å². The fraction of sp³-hybridized carbons (Fsp3) is 0.600. The summed E-state index contributed by atoms with van der Waals surface area (Å²) in [7, 11) is 0. The van der Waals surface area contributed by atoms with Gasteiger partial charge in [0.05, 0.1) is 5.57 Å². The summed E-state index contributed by atoms with van der Waals surface area (Å²) in [5, 5.41) is 0. The van der Waals surface area contributed by atoms with Crippen LogP contribution in [0.2, 0.25) is 0 Å². The Balaban J connectivity index is 1.92. The van der Waals surface area contributed by atoms with E-state index in [0.29, 0.717) is 6.42 Å². The predicted octanol–water partition coefficient (Wildman–Crippen LogP) is 4.26. The first-order chi connectivity index (χ1) is 8.34. The van der Waals surface area contributed by atoms with Crippen LogP contribution in [0, 0.1) is 0 Å². The van der Waals surface area contributed by atoms with Gasteiger partial charge in [0.2, 0.25) is 0 Å². The number of hydrogen-bond acceptors (Lipinski definition) is 2. The molecule has 1 rings (SSSR count). The molecule has 0 atom stereocenters. The second kappa shape index (κ2) is 9.32. The SMILES string of the molecule is O=C(CCCCCCCCCS)C1=C=CC=C1. The molecule has 0 unspecified atom stereocenters. The lowest BCUT2D eigenvalue weighted by Crippen LogP contribution is -1.98. The molecular weight excluding hydrogens is 228 g/mol. The second-order valence-corrected chi connectivity index (χ2v) is 4.90. The first kappa shape index (κ1) is 14.3. The zero-order chi connectivity index (χ0) is 12.3. The van der Waals surface area contributed by atoms with E-state index in [9.17, 15) is 4.79 Å². The van der Waals surface area contributed by atoms with Crippen molar-refractivity contribution in [2.45, 2.75) is 51.4 Å². The van der Waals surface area contributed by atoms with Gasteiger partial charge in [-0.05, 0) is 30.7 Å². The quantitative estimate of drug-likeness (QED) is 0.348. The van der Waals surface area contributed by atoms with Crippen LogP contribution in [0.15, 0.2) is 29.5 Å². The molecule has 0 aromatic carbocycles. The molecule has 0 radical (unpaired) electrons. The minimum absolute atomic E-state index is 0.241. The highest BCUT2D eigenvalue weighted by atomic mass is 32.1. The van der Waals surface area contributed by atoms with E-state index in [4.69, 9.17) is 0 Å². The molecule has 2 heteroatoms. The Bertz CT molecular complexity index is 322. The topological polar surface area (TPSA) is 17.1 Å². The van der Waals surface area contributed by atoms with Crippen molar-refractivity contribution in [1.82, 2.24) is 0 Å². The van der Waals surface area contributed by atoms with Crippen LogP contribution in [-0.4, -0.2) is 11.5 Å². The summed E-state index contributed by atoms with van der Waals surface area (Å²) in [6.07, 6.45) is 14.8. The van der Waals surface area contributed by atoms with Gasteiger partial charge in [0.25, 0.3) is 0 Å². The Kier molecular flexibility index (Phi) is 7.87. The molecule has 17 heavy (non-hydrogen) atoms. The summed E-state index contributed by atoms with van der Waals surface area (Å²) in [6.45, 7) is 0. The number of thiol groups is 1. The molecule has 0 heterocycles. The average molecular weight is 250 g/mol. The lowest BCUT2D eigenvalue weighted by atomic mass is 10.0. The highest BCUT2D eigenvalue weighted by Crippen LogP contribution is 2.12. The molecule has 1 aliphatic rings. The summed E-state index contributed by atoms with van der Waals surface area (Å²) < 4.78 is 0. The Morgan fingerprint density at radius 2 is 1.71 bits per heavy atom. The maximum absolute atomic E-state index is 11.6. The number of Topliss-reactive ketones (excluding diaryl/α,β-unsaturated/α-hetero) is 1. The van der Waals surface area contributed by atoms with Crippen molar-refractivity contribution in [2.75, 3.05) is 5.75 Å². The average Bonchev–Trinajstić information content (AvgIpc) is 2.86. The van der Waals surface area contributed by atoms with Gasteiger partial charge in [-0.25, -0.2) is 0 Å². The zero-order valence-electron chi connectivity index (χ0n) is 10.5. The molecule has 0 spiro atoms. The van der Waals surface area contributed by atoms with Gasteiger partial charge in [-0.3, -0.25) is 4.79 Å². The summed E-state index contributed by atoms with van der Waals surface area (Å²) in [6, 6.07) is 0. The number of allylic oxidation sites excluding steroid dienone is 3. The number of ketones is 1. The molecule has 0 N–H and O–H groups in total. The normalized spacial score (nSPS) is 13.1. The van der Waals surface area contributed by atoms with Gasteiger partial charge in [0.15, 0.2) is 5.78 Å². The molecule has 0 aliphatic heterocycles. The first-order valence-corrected chi connectivity index (χ1v) is 7.25. The molecule has 1 nitrogen and oxygen atoms in total. The number of carbonyl (C=O) groups is 1. The van der Waals surface area contributed by atoms with Crippen molar-refractivity contribution in [2.24, 2.45) is 0 Å². The number of rotatable bonds is 10. The van der Waals surface area contributed by atoms with Crippen molar-refractivity contribution in [3.05, 3.63) is 29.5 Å². The van der Waals surface area contributed by atoms with Crippen LogP contribution in [0.1, 0.15) is 51.4 Å². The fourth-order valence-corrected chi connectivity index (χ4v) is 2.14. The van der Waals surface area contributed by atoms with Crippen molar-refractivity contribution >= 4 is 18.4 Å². The fourth-order valence-electron chi connectivity index (χ4n) is 1.92. The number of hydrogen-bond donors (Lipinski definition) is 1. The van der Waals surface area contributed by atoms with Gasteiger partial charge >= 0.3 is 0 Å². The van der Waals surface area contributed by atoms with E-state index in [1.165, 1.54) is 38.5 Å². The van der Waals surface area contributed by atoms with Crippen molar-refractivity contribution in [1.29, 1.82) is 0 Å². The summed E-state index contributed by atoms with van der Waals surface area (Å²) in [4.78, 5) is 11.6. The van der Waals surface area contributed by atoms with Crippen LogP contribution < -0.4 is 0 Å². The molecule has 0 saturated carbocycles. The third kappa shape index (κ3) is 6.55. The van der Waals surface area contributed by atoms with Gasteiger partial charge in [-0.2, -0.15) is 12.6 Å². The monoisotopic (exact) mass is 250 g/mol. The molecule has 1 aliphatic carbocycles. The van der Waals surface area contributed by atoms with E-state index < -0.39 is 0 Å². The van der Waals surface area contributed by atoms with E-state index in [1.54, 1.807) is 6.08 Å². The van der Waals surface area contributed by atoms with E-state index in [2.05, 4.69) is 18.4 Å². The Hall–Kier alpha value is -0.720. The first-order valence-electron chi connectivity index (χ1n) is 6.62. The van der Waals surface area contributed by atoms with Crippen molar-refractivity contribution < 1.29 is 4.79 Å². The van der Waals surface area contributed by atoms with E-state index in [0.717, 1.165) is 17.7 Å². The summed E-state index contributed by atoms with van der Waals surface area (Å²) in [5.41, 5.74) is 3.70. The minimum atomic E-state index is 0.241. The molecule has 0 aromatic heterocycles. The van der Waals surface area contributed by atoms with E-state index in [1.807, 2.05) is 12.2 Å². The standard InChI is InChI=1S/C15H22OS/c16-15(14-10-7-8-11-14)12-6-4-2-1-3-5-9-13-17/h7-8,10,17H,1-6,9,12-13H2. The van der Waals surface area contributed by atoms with Crippen LogP contribution in [0.4, 0.5) is 0 Å². The lowest BCUT2D eigenvalue weighted by Gasteiger charge is -2.01. The minimum Gasteiger partial charge on any atom is -0.293 e. The molecule has 0 amide bonds. The van der Waals surface area contributed by atoms with Crippen LogP contribution >= 0.6 is 12.6 Å². The van der Waals surface area contributed by atoms with Crippen LogP contribution in [0.25, 0.3) is 0 Å². The summed E-state index contributed by atoms with van der Waals surface area (Å²) >= 11 is 4.19. The smallest absolute Gasteiger partial charge is 0.170 e. The molecule has 0 saturated heterocycles. The number of unbranched alkanes of at least 4 members (excludes halogenated alkanes) is 6. The van der Waals surface area contributed by atoms with Gasteiger partial charge in [0, 0.05) is 6.42 Å². The molecule has 0 aromatic rings. The highest BCUT2D eigenvalue weighted by molar-refractivity contribution is 7.80. The number of carbonyl (C=O) groups excluding carboxylic acids is 1. The largest absolute Gasteiger partial charge is 0.293 e. The second-order valence-electron chi connectivity index (χ2n) is 4.46. The van der Waals surface area contributed by atoms with Gasteiger partial charge < -0.3 is 0 Å². The maximum atomic E-state index is 11.6. The highest BCUT2D eigenvalue weighted by Gasteiger charge is 2.06. The Labute approximate surface area is 110 Å². The third-order valence-electron chi connectivity index (χ3n) is 2.96. The van der Waals surface area contributed by atoms with Crippen LogP contribution in [0.3, 0.4) is 0 Å². The van der Waals surface area contributed by atoms with Crippen LogP contribution in [0.5, 0.6) is 0 Å². The molecule has 0 fully saturated rings. The van der Waals surface area contributed by atoms with Gasteiger partial charge in [-0.1, -0.05) is 38.2 Å². The van der Waals surface area contributed by atoms with Crippen molar-refractivity contribution in [3.63, 3.8) is 0 Å².